The highest BCUT2D eigenvalue weighted by Crippen LogP contribution is 2.50. The summed E-state index contributed by atoms with van der Waals surface area (Å²) in [6.45, 7) is 0.796. The van der Waals surface area contributed by atoms with Gasteiger partial charge in [-0.15, -0.1) is 0 Å². The number of furan rings is 1. The molecule has 0 aliphatic carbocycles. The first-order chi connectivity index (χ1) is 9.86. The van der Waals surface area contributed by atoms with Crippen molar-refractivity contribution in [1.82, 2.24) is 0 Å². The molecule has 1 aromatic carbocycles. The molecular weight excluding hydrogens is 254 g/mol. The van der Waals surface area contributed by atoms with Crippen molar-refractivity contribution in [2.45, 2.75) is 18.6 Å². The van der Waals surface area contributed by atoms with Crippen LogP contribution < -0.4 is 10.1 Å². The van der Waals surface area contributed by atoms with Crippen molar-refractivity contribution in [3.05, 3.63) is 47.9 Å². The first-order valence-corrected chi connectivity index (χ1v) is 6.96. The molecule has 0 bridgehead atoms. The molecule has 4 nitrogen and oxygen atoms in total. The number of methoxy groups -OCH3 is 1. The summed E-state index contributed by atoms with van der Waals surface area (Å²) in [5.74, 6) is 2.25. The zero-order valence-electron chi connectivity index (χ0n) is 11.3. The number of fused-ring (bicyclic) bond motifs is 3. The molecule has 0 amide bonds. The summed E-state index contributed by atoms with van der Waals surface area (Å²) < 4.78 is 16.9. The molecule has 2 aliphatic heterocycles. The maximum Gasteiger partial charge on any atom is 0.126 e. The molecule has 0 spiro atoms. The first kappa shape index (κ1) is 11.9. The van der Waals surface area contributed by atoms with E-state index in [1.165, 1.54) is 5.56 Å². The molecule has 0 radical (unpaired) electrons. The van der Waals surface area contributed by atoms with E-state index in [0.717, 1.165) is 30.2 Å². The average molecular weight is 271 g/mol. The molecule has 104 valence electrons. The first-order valence-electron chi connectivity index (χ1n) is 6.96. The minimum atomic E-state index is 0.122. The van der Waals surface area contributed by atoms with Gasteiger partial charge < -0.3 is 19.2 Å². The van der Waals surface area contributed by atoms with Crippen LogP contribution in [0.15, 0.2) is 41.0 Å². The Kier molecular flexibility index (Phi) is 2.70. The summed E-state index contributed by atoms with van der Waals surface area (Å²) in [5.41, 5.74) is 2.30. The van der Waals surface area contributed by atoms with Crippen molar-refractivity contribution in [1.29, 1.82) is 0 Å². The molecule has 4 rings (SSSR count). The second-order valence-corrected chi connectivity index (χ2v) is 5.33. The van der Waals surface area contributed by atoms with Crippen molar-refractivity contribution in [2.24, 2.45) is 5.92 Å². The van der Waals surface area contributed by atoms with Gasteiger partial charge in [-0.2, -0.15) is 0 Å². The second kappa shape index (κ2) is 4.56. The SMILES string of the molecule is COc1ccc2c(c1)[C@@H]1OCC[C@H]1[C@@H](c1ccco1)N2. The molecule has 20 heavy (non-hydrogen) atoms. The number of rotatable bonds is 2. The lowest BCUT2D eigenvalue weighted by Crippen LogP contribution is -2.28. The fourth-order valence-electron chi connectivity index (χ4n) is 3.33. The Hall–Kier alpha value is -1.94. The molecule has 1 N–H and O–H groups in total. The zero-order valence-corrected chi connectivity index (χ0v) is 11.3. The van der Waals surface area contributed by atoms with Crippen LogP contribution in [-0.2, 0) is 4.74 Å². The van der Waals surface area contributed by atoms with Crippen molar-refractivity contribution < 1.29 is 13.9 Å². The van der Waals surface area contributed by atoms with Gasteiger partial charge in [0.2, 0.25) is 0 Å². The predicted octanol–water partition coefficient (Wildman–Crippen LogP) is 3.53. The van der Waals surface area contributed by atoms with Crippen molar-refractivity contribution in [3.63, 3.8) is 0 Å². The lowest BCUT2D eigenvalue weighted by atomic mass is 9.83. The molecule has 1 saturated heterocycles. The van der Waals surface area contributed by atoms with E-state index in [2.05, 4.69) is 17.4 Å². The molecule has 1 fully saturated rings. The van der Waals surface area contributed by atoms with Gasteiger partial charge >= 0.3 is 0 Å². The maximum atomic E-state index is 5.97. The third-order valence-corrected chi connectivity index (χ3v) is 4.29. The fourth-order valence-corrected chi connectivity index (χ4v) is 3.33. The third kappa shape index (κ3) is 1.72. The number of anilines is 1. The molecule has 3 atom stereocenters. The van der Waals surface area contributed by atoms with Crippen LogP contribution in [0.4, 0.5) is 5.69 Å². The van der Waals surface area contributed by atoms with Crippen LogP contribution in [-0.4, -0.2) is 13.7 Å². The molecular formula is C16H17NO3. The van der Waals surface area contributed by atoms with Crippen LogP contribution in [0.3, 0.4) is 0 Å². The van der Waals surface area contributed by atoms with E-state index in [1.54, 1.807) is 13.4 Å². The molecule has 1 aromatic heterocycles. The highest BCUT2D eigenvalue weighted by molar-refractivity contribution is 5.59. The molecule has 2 aliphatic rings. The normalized spacial score (nSPS) is 27.6. The highest BCUT2D eigenvalue weighted by atomic mass is 16.5. The largest absolute Gasteiger partial charge is 0.497 e. The maximum absolute atomic E-state index is 5.97. The van der Waals surface area contributed by atoms with Gasteiger partial charge in [0.25, 0.3) is 0 Å². The average Bonchev–Trinajstić information content (AvgIpc) is 3.17. The summed E-state index contributed by atoms with van der Waals surface area (Å²) in [5, 5.41) is 3.59. The summed E-state index contributed by atoms with van der Waals surface area (Å²) in [4.78, 5) is 0. The van der Waals surface area contributed by atoms with Gasteiger partial charge in [-0.3, -0.25) is 0 Å². The van der Waals surface area contributed by atoms with Gasteiger partial charge in [0.1, 0.15) is 11.5 Å². The summed E-state index contributed by atoms with van der Waals surface area (Å²) in [6.07, 6.45) is 2.89. The Morgan fingerprint density at radius 1 is 1.30 bits per heavy atom. The summed E-state index contributed by atoms with van der Waals surface area (Å²) >= 11 is 0. The van der Waals surface area contributed by atoms with Gasteiger partial charge in [0.05, 0.1) is 25.5 Å². The smallest absolute Gasteiger partial charge is 0.126 e. The number of hydrogen-bond donors (Lipinski definition) is 1. The van der Waals surface area contributed by atoms with Crippen LogP contribution in [0, 0.1) is 5.92 Å². The Morgan fingerprint density at radius 2 is 2.25 bits per heavy atom. The Bertz CT molecular complexity index is 608. The second-order valence-electron chi connectivity index (χ2n) is 5.33. The van der Waals surface area contributed by atoms with Gasteiger partial charge in [-0.25, -0.2) is 0 Å². The van der Waals surface area contributed by atoms with E-state index in [1.807, 2.05) is 18.2 Å². The van der Waals surface area contributed by atoms with Crippen LogP contribution >= 0.6 is 0 Å². The van der Waals surface area contributed by atoms with E-state index >= 15 is 0 Å². The molecule has 0 saturated carbocycles. The lowest BCUT2D eigenvalue weighted by molar-refractivity contribution is 0.0806. The number of hydrogen-bond acceptors (Lipinski definition) is 4. The summed E-state index contributed by atoms with van der Waals surface area (Å²) in [7, 11) is 1.69. The highest BCUT2D eigenvalue weighted by Gasteiger charge is 2.42. The van der Waals surface area contributed by atoms with Crippen molar-refractivity contribution in [3.8, 4) is 5.75 Å². The quantitative estimate of drug-likeness (QED) is 0.907. The van der Waals surface area contributed by atoms with E-state index in [0.29, 0.717) is 5.92 Å². The van der Waals surface area contributed by atoms with Crippen molar-refractivity contribution >= 4 is 5.69 Å². The lowest BCUT2D eigenvalue weighted by Gasteiger charge is -2.35. The Morgan fingerprint density at radius 3 is 3.05 bits per heavy atom. The topological polar surface area (TPSA) is 43.6 Å². The summed E-state index contributed by atoms with van der Waals surface area (Å²) in [6, 6.07) is 10.2. The predicted molar refractivity (Wildman–Crippen MR) is 74.9 cm³/mol. The molecule has 0 unspecified atom stereocenters. The van der Waals surface area contributed by atoms with Gasteiger partial charge in [-0.05, 0) is 36.8 Å². The minimum Gasteiger partial charge on any atom is -0.497 e. The minimum absolute atomic E-state index is 0.122. The van der Waals surface area contributed by atoms with Crippen LogP contribution in [0.1, 0.15) is 29.9 Å². The Balaban J connectivity index is 1.78. The van der Waals surface area contributed by atoms with Gasteiger partial charge in [-0.1, -0.05) is 0 Å². The number of benzene rings is 1. The standard InChI is InChI=1S/C16H17NO3/c1-18-10-4-5-13-12(9-10)16-11(6-8-20-16)15(17-13)14-3-2-7-19-14/h2-5,7,9,11,15-17H,6,8H2,1H3/t11-,15-,16+/m0/s1. The van der Waals surface area contributed by atoms with Gasteiger partial charge in [0, 0.05) is 23.8 Å². The van der Waals surface area contributed by atoms with Crippen LogP contribution in [0.25, 0.3) is 0 Å². The van der Waals surface area contributed by atoms with Crippen LogP contribution in [0.2, 0.25) is 0 Å². The van der Waals surface area contributed by atoms with E-state index in [-0.39, 0.29) is 12.1 Å². The molecule has 2 aromatic rings. The van der Waals surface area contributed by atoms with E-state index < -0.39 is 0 Å². The van der Waals surface area contributed by atoms with E-state index in [9.17, 15) is 0 Å². The fraction of sp³-hybridized carbons (Fsp3) is 0.375. The number of nitrogens with one attached hydrogen (secondary N) is 1. The number of ether oxygens (including phenoxy) is 2. The molecule has 4 heteroatoms. The van der Waals surface area contributed by atoms with Crippen LogP contribution in [0.5, 0.6) is 5.75 Å². The molecule has 3 heterocycles. The Labute approximate surface area is 117 Å². The third-order valence-electron chi connectivity index (χ3n) is 4.29. The zero-order chi connectivity index (χ0) is 13.5. The van der Waals surface area contributed by atoms with Gasteiger partial charge in [0.15, 0.2) is 0 Å². The van der Waals surface area contributed by atoms with Crippen molar-refractivity contribution in [2.75, 3.05) is 19.0 Å². The monoisotopic (exact) mass is 271 g/mol. The van der Waals surface area contributed by atoms with E-state index in [4.69, 9.17) is 13.9 Å².